The summed E-state index contributed by atoms with van der Waals surface area (Å²) in [4.78, 5) is 31.0. The van der Waals surface area contributed by atoms with E-state index in [2.05, 4.69) is 10.3 Å². The topological polar surface area (TPSA) is 78.3 Å². The van der Waals surface area contributed by atoms with Gasteiger partial charge in [0.2, 0.25) is 11.5 Å². The lowest BCUT2D eigenvalue weighted by Gasteiger charge is -2.28. The van der Waals surface area contributed by atoms with Crippen LogP contribution in [0.3, 0.4) is 0 Å². The Hall–Kier alpha value is -4.15. The van der Waals surface area contributed by atoms with E-state index in [0.717, 1.165) is 28.0 Å². The number of benzene rings is 2. The highest BCUT2D eigenvalue weighted by Gasteiger charge is 2.32. The fourth-order valence-electron chi connectivity index (χ4n) is 4.32. The van der Waals surface area contributed by atoms with Crippen molar-refractivity contribution in [2.75, 3.05) is 0 Å². The van der Waals surface area contributed by atoms with E-state index in [-0.39, 0.29) is 24.6 Å². The lowest BCUT2D eigenvalue weighted by atomic mass is 10.0. The Morgan fingerprint density at radius 1 is 1.00 bits per heavy atom. The van der Waals surface area contributed by atoms with Crippen molar-refractivity contribution in [1.82, 2.24) is 15.2 Å². The van der Waals surface area contributed by atoms with Crippen LogP contribution < -0.4 is 10.9 Å². The van der Waals surface area contributed by atoms with Crippen molar-refractivity contribution in [3.63, 3.8) is 0 Å². The predicted molar refractivity (Wildman–Crippen MR) is 143 cm³/mol. The van der Waals surface area contributed by atoms with Gasteiger partial charge >= 0.3 is 6.18 Å². The molecule has 5 aromatic rings. The van der Waals surface area contributed by atoms with E-state index in [0.29, 0.717) is 23.4 Å². The first kappa shape index (κ1) is 26.5. The summed E-state index contributed by atoms with van der Waals surface area (Å²) in [6.45, 7) is 0.783. The third-order valence-corrected chi connectivity index (χ3v) is 7.14. The van der Waals surface area contributed by atoms with Crippen LogP contribution in [-0.4, -0.2) is 15.8 Å². The van der Waals surface area contributed by atoms with Crippen molar-refractivity contribution in [3.05, 3.63) is 128 Å². The van der Waals surface area contributed by atoms with Crippen LogP contribution in [0.4, 0.5) is 13.2 Å². The normalized spacial score (nSPS) is 12.5. The molecule has 2 aromatic carbocycles. The first-order valence-electron chi connectivity index (χ1n) is 12.1. The highest BCUT2D eigenvalue weighted by atomic mass is 32.1. The zero-order valence-corrected chi connectivity index (χ0v) is 21.4. The summed E-state index contributed by atoms with van der Waals surface area (Å²) < 4.78 is 45.2. The average molecular weight is 552 g/mol. The number of hydrogen-bond acceptors (Lipinski definition) is 5. The van der Waals surface area contributed by atoms with E-state index >= 15 is 0 Å². The van der Waals surface area contributed by atoms with Gasteiger partial charge in [-0.1, -0.05) is 24.3 Å². The number of alkyl halides is 3. The maximum absolute atomic E-state index is 14.0. The SMILES string of the molecule is O=C(C(NCc1ccc2[nH]c(=O)ccc2c1)c1ccc(C(F)(F)F)cc1)N(Cc1ccco1)Cc1cccs1. The second-order valence-electron chi connectivity index (χ2n) is 9.03. The Kier molecular flexibility index (Phi) is 7.67. The van der Waals surface area contributed by atoms with E-state index in [9.17, 15) is 22.8 Å². The first-order chi connectivity index (χ1) is 18.8. The number of pyridine rings is 1. The number of aromatic nitrogens is 1. The van der Waals surface area contributed by atoms with Gasteiger partial charge in [-0.2, -0.15) is 13.2 Å². The van der Waals surface area contributed by atoms with E-state index in [1.165, 1.54) is 35.8 Å². The first-order valence-corrected chi connectivity index (χ1v) is 13.0. The van der Waals surface area contributed by atoms with Gasteiger partial charge in [0.1, 0.15) is 11.8 Å². The molecule has 200 valence electrons. The maximum atomic E-state index is 14.0. The number of furan rings is 1. The smallest absolute Gasteiger partial charge is 0.416 e. The Morgan fingerprint density at radius 2 is 1.82 bits per heavy atom. The summed E-state index contributed by atoms with van der Waals surface area (Å²) in [5, 5.41) is 6.00. The minimum absolute atomic E-state index is 0.200. The molecule has 3 aromatic heterocycles. The van der Waals surface area contributed by atoms with Gasteiger partial charge in [0, 0.05) is 23.0 Å². The summed E-state index contributed by atoms with van der Waals surface area (Å²) >= 11 is 1.51. The standard InChI is InChI=1S/C29H24F3N3O3S/c30-29(31,32)22-9-6-20(7-10-22)27(33-16-19-5-11-25-21(15-19)8-12-26(36)34-25)28(37)35(17-23-3-1-13-38-23)18-24-4-2-14-39-24/h1-15,27,33H,16-18H2,(H,34,36). The molecule has 0 aliphatic carbocycles. The third kappa shape index (κ3) is 6.47. The molecule has 0 spiro atoms. The Bertz CT molecular complexity index is 1560. The van der Waals surface area contributed by atoms with Crippen molar-refractivity contribution in [2.24, 2.45) is 0 Å². The minimum atomic E-state index is -4.48. The number of thiophene rings is 1. The van der Waals surface area contributed by atoms with Crippen LogP contribution >= 0.6 is 11.3 Å². The number of carbonyl (C=O) groups is 1. The zero-order chi connectivity index (χ0) is 27.4. The largest absolute Gasteiger partial charge is 0.467 e. The Morgan fingerprint density at radius 3 is 2.51 bits per heavy atom. The molecule has 0 bridgehead atoms. The Labute approximate surface area is 225 Å². The molecule has 0 aliphatic rings. The van der Waals surface area contributed by atoms with E-state index in [1.807, 2.05) is 29.6 Å². The summed E-state index contributed by atoms with van der Waals surface area (Å²) in [7, 11) is 0. The molecule has 1 amide bonds. The van der Waals surface area contributed by atoms with E-state index in [4.69, 9.17) is 4.42 Å². The highest BCUT2D eigenvalue weighted by Crippen LogP contribution is 2.31. The molecule has 0 aliphatic heterocycles. The van der Waals surface area contributed by atoms with Crippen LogP contribution in [0.5, 0.6) is 0 Å². The Balaban J connectivity index is 1.45. The lowest BCUT2D eigenvalue weighted by Crippen LogP contribution is -2.40. The minimum Gasteiger partial charge on any atom is -0.467 e. The number of nitrogens with zero attached hydrogens (tertiary/aromatic N) is 1. The number of fused-ring (bicyclic) bond motifs is 1. The number of amides is 1. The molecule has 0 saturated heterocycles. The molecule has 0 radical (unpaired) electrons. The summed E-state index contributed by atoms with van der Waals surface area (Å²) in [5.74, 6) is 0.291. The molecule has 0 saturated carbocycles. The predicted octanol–water partition coefficient (Wildman–Crippen LogP) is 6.26. The highest BCUT2D eigenvalue weighted by molar-refractivity contribution is 7.09. The average Bonchev–Trinajstić information content (AvgIpc) is 3.63. The number of H-pyrrole nitrogens is 1. The maximum Gasteiger partial charge on any atom is 0.416 e. The van der Waals surface area contributed by atoms with Crippen LogP contribution in [0.2, 0.25) is 0 Å². The monoisotopic (exact) mass is 551 g/mol. The van der Waals surface area contributed by atoms with Gasteiger partial charge in [-0.25, -0.2) is 0 Å². The van der Waals surface area contributed by atoms with Crippen LogP contribution in [0, 0.1) is 0 Å². The van der Waals surface area contributed by atoms with Crippen LogP contribution in [-0.2, 0) is 30.6 Å². The van der Waals surface area contributed by atoms with Gasteiger partial charge in [-0.15, -0.1) is 11.3 Å². The van der Waals surface area contributed by atoms with Crippen molar-refractivity contribution in [1.29, 1.82) is 0 Å². The van der Waals surface area contributed by atoms with Crippen molar-refractivity contribution >= 4 is 28.1 Å². The lowest BCUT2D eigenvalue weighted by molar-refractivity contribution is -0.137. The van der Waals surface area contributed by atoms with Crippen LogP contribution in [0.15, 0.2) is 99.7 Å². The fraction of sp³-hybridized carbons (Fsp3) is 0.172. The number of nitrogens with one attached hydrogen (secondary N) is 2. The summed E-state index contributed by atoms with van der Waals surface area (Å²) in [6.07, 6.45) is -2.95. The summed E-state index contributed by atoms with van der Waals surface area (Å²) in [6, 6.07) is 19.7. The third-order valence-electron chi connectivity index (χ3n) is 6.28. The van der Waals surface area contributed by atoms with Gasteiger partial charge in [0.05, 0.1) is 24.9 Å². The van der Waals surface area contributed by atoms with E-state index < -0.39 is 17.8 Å². The van der Waals surface area contributed by atoms with Gasteiger partial charge in [0.15, 0.2) is 0 Å². The van der Waals surface area contributed by atoms with Crippen molar-refractivity contribution in [2.45, 2.75) is 31.9 Å². The van der Waals surface area contributed by atoms with Crippen molar-refractivity contribution < 1.29 is 22.4 Å². The number of carbonyl (C=O) groups excluding carboxylic acids is 1. The second kappa shape index (κ2) is 11.3. The molecular formula is C29H24F3N3O3S. The molecule has 3 heterocycles. The second-order valence-corrected chi connectivity index (χ2v) is 10.1. The molecule has 2 N–H and O–H groups in total. The molecule has 39 heavy (non-hydrogen) atoms. The van der Waals surface area contributed by atoms with Gasteiger partial charge in [-0.05, 0) is 70.4 Å². The number of aromatic amines is 1. The molecule has 6 nitrogen and oxygen atoms in total. The number of hydrogen-bond donors (Lipinski definition) is 2. The quantitative estimate of drug-likeness (QED) is 0.227. The van der Waals surface area contributed by atoms with Gasteiger partial charge in [-0.3, -0.25) is 14.9 Å². The van der Waals surface area contributed by atoms with Crippen molar-refractivity contribution in [3.8, 4) is 0 Å². The zero-order valence-electron chi connectivity index (χ0n) is 20.6. The number of halogens is 3. The molecule has 1 atom stereocenters. The molecule has 1 unspecified atom stereocenters. The molecular weight excluding hydrogens is 527 g/mol. The molecule has 10 heteroatoms. The van der Waals surface area contributed by atoms with Gasteiger partial charge in [0.25, 0.3) is 0 Å². The van der Waals surface area contributed by atoms with E-state index in [1.54, 1.807) is 29.2 Å². The van der Waals surface area contributed by atoms with Crippen LogP contribution in [0.1, 0.15) is 33.4 Å². The fourth-order valence-corrected chi connectivity index (χ4v) is 5.04. The van der Waals surface area contributed by atoms with Crippen LogP contribution in [0.25, 0.3) is 10.9 Å². The summed E-state index contributed by atoms with van der Waals surface area (Å²) in [5.41, 5.74) is 0.946. The molecule has 0 fully saturated rings. The van der Waals surface area contributed by atoms with Gasteiger partial charge < -0.3 is 14.3 Å². The number of rotatable bonds is 9. The molecule has 5 rings (SSSR count).